The fourth-order valence-electron chi connectivity index (χ4n) is 2.98. The highest BCUT2D eigenvalue weighted by molar-refractivity contribution is 7.10. The largest absolute Gasteiger partial charge is 0.441 e. The summed E-state index contributed by atoms with van der Waals surface area (Å²) in [6.07, 6.45) is 1.02. The van der Waals surface area contributed by atoms with E-state index in [0.29, 0.717) is 18.9 Å². The maximum absolute atomic E-state index is 13.0. The molecule has 3 aromatic rings. The predicted molar refractivity (Wildman–Crippen MR) is 88.4 cm³/mol. The Labute approximate surface area is 141 Å². The lowest BCUT2D eigenvalue weighted by molar-refractivity contribution is 0.234. The van der Waals surface area contributed by atoms with E-state index in [4.69, 9.17) is 4.52 Å². The van der Waals surface area contributed by atoms with Crippen molar-refractivity contribution in [1.29, 1.82) is 0 Å². The molecule has 0 unspecified atom stereocenters. The van der Waals surface area contributed by atoms with Crippen LogP contribution in [0.25, 0.3) is 0 Å². The van der Waals surface area contributed by atoms with Crippen molar-refractivity contribution < 1.29 is 8.91 Å². The number of hydrogen-bond donors (Lipinski definition) is 0. The fraction of sp³-hybridized carbons (Fsp3) is 0.294. The highest BCUT2D eigenvalue weighted by atomic mass is 32.1. The highest BCUT2D eigenvalue weighted by Crippen LogP contribution is 2.24. The Morgan fingerprint density at radius 1 is 1.21 bits per heavy atom. The maximum atomic E-state index is 13.0. The van der Waals surface area contributed by atoms with E-state index < -0.39 is 5.76 Å². The van der Waals surface area contributed by atoms with Gasteiger partial charge in [-0.2, -0.15) is 0 Å². The topological polar surface area (TPSA) is 51.3 Å². The summed E-state index contributed by atoms with van der Waals surface area (Å²) in [7, 11) is 0. The van der Waals surface area contributed by atoms with Gasteiger partial charge in [0.15, 0.2) is 5.82 Å². The van der Waals surface area contributed by atoms with Crippen LogP contribution in [0.3, 0.4) is 0 Å². The van der Waals surface area contributed by atoms with E-state index in [0.717, 1.165) is 25.1 Å². The van der Waals surface area contributed by atoms with Gasteiger partial charge in [-0.05, 0) is 41.1 Å². The van der Waals surface area contributed by atoms with Crippen LogP contribution in [0.1, 0.15) is 21.8 Å². The summed E-state index contributed by atoms with van der Waals surface area (Å²) in [5.74, 6) is -0.179. The molecule has 2 aromatic heterocycles. The third-order valence-corrected chi connectivity index (χ3v) is 5.29. The summed E-state index contributed by atoms with van der Waals surface area (Å²) in [4.78, 5) is 15.7. The zero-order valence-electron chi connectivity index (χ0n) is 12.9. The van der Waals surface area contributed by atoms with E-state index in [1.807, 2.05) is 0 Å². The van der Waals surface area contributed by atoms with Gasteiger partial charge < -0.3 is 0 Å². The van der Waals surface area contributed by atoms with Crippen molar-refractivity contribution in [2.24, 2.45) is 0 Å². The van der Waals surface area contributed by atoms with Crippen molar-refractivity contribution in [3.8, 4) is 0 Å². The second-order valence-corrected chi connectivity index (χ2v) is 6.91. The summed E-state index contributed by atoms with van der Waals surface area (Å²) < 4.78 is 19.4. The molecule has 0 amide bonds. The van der Waals surface area contributed by atoms with Gasteiger partial charge in [-0.15, -0.1) is 11.3 Å². The van der Waals surface area contributed by atoms with Crippen LogP contribution in [0.4, 0.5) is 4.39 Å². The van der Waals surface area contributed by atoms with Gasteiger partial charge in [-0.3, -0.25) is 14.0 Å². The van der Waals surface area contributed by atoms with E-state index >= 15 is 0 Å². The van der Waals surface area contributed by atoms with Crippen molar-refractivity contribution in [2.45, 2.75) is 26.1 Å². The minimum atomic E-state index is -0.484. The van der Waals surface area contributed by atoms with Gasteiger partial charge in [0.1, 0.15) is 5.82 Å². The van der Waals surface area contributed by atoms with Crippen LogP contribution in [-0.4, -0.2) is 21.2 Å². The molecule has 5 nitrogen and oxygen atoms in total. The summed E-state index contributed by atoms with van der Waals surface area (Å²) in [6.45, 7) is 2.68. The molecule has 4 rings (SSSR count). The molecule has 0 bridgehead atoms. The zero-order chi connectivity index (χ0) is 16.5. The first-order chi connectivity index (χ1) is 11.7. The SMILES string of the molecule is O=c1onc(CN2CCc3sccc3C2)n1Cc1ccc(F)cc1. The van der Waals surface area contributed by atoms with Gasteiger partial charge >= 0.3 is 5.76 Å². The Morgan fingerprint density at radius 3 is 2.88 bits per heavy atom. The molecule has 3 heterocycles. The van der Waals surface area contributed by atoms with Crippen molar-refractivity contribution >= 4 is 11.3 Å². The maximum Gasteiger partial charge on any atom is 0.441 e. The molecule has 0 radical (unpaired) electrons. The molecule has 1 aromatic carbocycles. The molecule has 1 aliphatic heterocycles. The van der Waals surface area contributed by atoms with Crippen LogP contribution >= 0.6 is 11.3 Å². The van der Waals surface area contributed by atoms with E-state index in [1.165, 1.54) is 27.1 Å². The predicted octanol–water partition coefficient (Wildman–Crippen LogP) is 2.64. The zero-order valence-corrected chi connectivity index (χ0v) is 13.8. The molecule has 0 saturated heterocycles. The smallest absolute Gasteiger partial charge is 0.296 e. The molecular formula is C17H16FN3O2S. The number of rotatable bonds is 4. The molecular weight excluding hydrogens is 329 g/mol. The molecule has 0 aliphatic carbocycles. The number of aromatic nitrogens is 2. The van der Waals surface area contributed by atoms with Crippen molar-refractivity contribution in [2.75, 3.05) is 6.54 Å². The number of nitrogens with zero attached hydrogens (tertiary/aromatic N) is 3. The second kappa shape index (κ2) is 6.33. The van der Waals surface area contributed by atoms with Gasteiger partial charge in [0.25, 0.3) is 0 Å². The molecule has 0 saturated carbocycles. The first kappa shape index (κ1) is 15.3. The molecule has 0 N–H and O–H groups in total. The average Bonchev–Trinajstić information content (AvgIpc) is 3.18. The number of fused-ring (bicyclic) bond motifs is 1. The molecule has 124 valence electrons. The minimum Gasteiger partial charge on any atom is -0.296 e. The monoisotopic (exact) mass is 345 g/mol. The van der Waals surface area contributed by atoms with Crippen LogP contribution in [0, 0.1) is 5.82 Å². The third kappa shape index (κ3) is 3.05. The summed E-state index contributed by atoms with van der Waals surface area (Å²) >= 11 is 1.80. The lowest BCUT2D eigenvalue weighted by Crippen LogP contribution is -2.31. The first-order valence-corrected chi connectivity index (χ1v) is 8.64. The Hall–Kier alpha value is -2.25. The second-order valence-electron chi connectivity index (χ2n) is 5.91. The number of benzene rings is 1. The van der Waals surface area contributed by atoms with Gasteiger partial charge in [-0.1, -0.05) is 17.3 Å². The first-order valence-electron chi connectivity index (χ1n) is 7.76. The van der Waals surface area contributed by atoms with Crippen LogP contribution in [0.15, 0.2) is 45.0 Å². The molecule has 0 spiro atoms. The quantitative estimate of drug-likeness (QED) is 0.729. The average molecular weight is 345 g/mol. The lowest BCUT2D eigenvalue weighted by atomic mass is 10.1. The van der Waals surface area contributed by atoms with Crippen molar-refractivity contribution in [3.63, 3.8) is 0 Å². The molecule has 0 atom stereocenters. The summed E-state index contributed by atoms with van der Waals surface area (Å²) in [6, 6.07) is 8.25. The number of thiophene rings is 1. The lowest BCUT2D eigenvalue weighted by Gasteiger charge is -2.26. The van der Waals surface area contributed by atoms with Crippen LogP contribution in [0.2, 0.25) is 0 Å². The van der Waals surface area contributed by atoms with E-state index in [-0.39, 0.29) is 5.82 Å². The Balaban J connectivity index is 1.52. The van der Waals surface area contributed by atoms with E-state index in [9.17, 15) is 9.18 Å². The Bertz CT molecular complexity index is 897. The van der Waals surface area contributed by atoms with Crippen LogP contribution in [0.5, 0.6) is 0 Å². The van der Waals surface area contributed by atoms with Gasteiger partial charge in [-0.25, -0.2) is 9.18 Å². The Morgan fingerprint density at radius 2 is 2.04 bits per heavy atom. The highest BCUT2D eigenvalue weighted by Gasteiger charge is 2.20. The van der Waals surface area contributed by atoms with Gasteiger partial charge in [0.05, 0.1) is 13.1 Å². The molecule has 0 fully saturated rings. The minimum absolute atomic E-state index is 0.295. The van der Waals surface area contributed by atoms with E-state index in [2.05, 4.69) is 21.5 Å². The normalized spacial score (nSPS) is 14.7. The van der Waals surface area contributed by atoms with Crippen LogP contribution in [-0.2, 0) is 26.1 Å². The van der Waals surface area contributed by atoms with E-state index in [1.54, 1.807) is 23.5 Å². The summed E-state index contributed by atoms with van der Waals surface area (Å²) in [5.41, 5.74) is 2.18. The van der Waals surface area contributed by atoms with Crippen LogP contribution < -0.4 is 5.76 Å². The van der Waals surface area contributed by atoms with Crippen molar-refractivity contribution in [3.05, 3.63) is 73.9 Å². The third-order valence-electron chi connectivity index (χ3n) is 4.27. The van der Waals surface area contributed by atoms with Crippen molar-refractivity contribution in [1.82, 2.24) is 14.6 Å². The Kier molecular flexibility index (Phi) is 4.03. The summed E-state index contributed by atoms with van der Waals surface area (Å²) in [5, 5.41) is 6.05. The van der Waals surface area contributed by atoms with Gasteiger partial charge in [0, 0.05) is 18.0 Å². The fourth-order valence-corrected chi connectivity index (χ4v) is 3.87. The molecule has 7 heteroatoms. The standard InChI is InChI=1S/C17H16FN3O2S/c18-14-3-1-12(2-4-14)9-21-16(19-23-17(21)22)11-20-7-5-15-13(10-20)6-8-24-15/h1-4,6,8H,5,7,9-11H2. The molecule has 24 heavy (non-hydrogen) atoms. The van der Waals surface area contributed by atoms with Gasteiger partial charge in [0.2, 0.25) is 0 Å². The molecule has 1 aliphatic rings. The number of hydrogen-bond acceptors (Lipinski definition) is 5. The number of halogens is 1.